The minimum atomic E-state index is 0.863. The van der Waals surface area contributed by atoms with Crippen molar-refractivity contribution >= 4 is 5.95 Å². The standard InChI is InChI=1S/C17H24N6/c1-2-13-10-18-17(19-11-13)23-8-6-22(7-9-23)12-16-14-4-3-5-15(14)20-21-16/h10-11H,2-9,12H2,1H3,(H,20,21). The molecule has 23 heavy (non-hydrogen) atoms. The van der Waals surface area contributed by atoms with Gasteiger partial charge in [0.05, 0.1) is 5.69 Å². The number of fused-ring (bicyclic) bond motifs is 1. The topological polar surface area (TPSA) is 60.9 Å². The molecule has 2 aromatic heterocycles. The zero-order chi connectivity index (χ0) is 15.6. The molecule has 6 heteroatoms. The fraction of sp³-hybridized carbons (Fsp3) is 0.588. The van der Waals surface area contributed by atoms with Gasteiger partial charge in [0.15, 0.2) is 0 Å². The Balaban J connectivity index is 1.35. The van der Waals surface area contributed by atoms with Gasteiger partial charge >= 0.3 is 0 Å². The molecule has 0 amide bonds. The summed E-state index contributed by atoms with van der Waals surface area (Å²) >= 11 is 0. The maximum atomic E-state index is 4.52. The van der Waals surface area contributed by atoms with Crippen molar-refractivity contribution in [1.82, 2.24) is 25.1 Å². The van der Waals surface area contributed by atoms with Gasteiger partial charge in [-0.3, -0.25) is 10.00 Å². The minimum Gasteiger partial charge on any atom is -0.338 e. The second kappa shape index (κ2) is 6.28. The van der Waals surface area contributed by atoms with Crippen molar-refractivity contribution in [2.24, 2.45) is 0 Å². The van der Waals surface area contributed by atoms with Gasteiger partial charge in [-0.15, -0.1) is 0 Å². The number of aromatic nitrogens is 4. The van der Waals surface area contributed by atoms with Crippen molar-refractivity contribution in [3.63, 3.8) is 0 Å². The highest BCUT2D eigenvalue weighted by atomic mass is 15.3. The van der Waals surface area contributed by atoms with Crippen LogP contribution in [0.1, 0.15) is 35.9 Å². The van der Waals surface area contributed by atoms with E-state index in [9.17, 15) is 0 Å². The van der Waals surface area contributed by atoms with Gasteiger partial charge in [-0.1, -0.05) is 6.92 Å². The minimum absolute atomic E-state index is 0.863. The number of aryl methyl sites for hydroxylation is 2. The molecule has 1 N–H and O–H groups in total. The lowest BCUT2D eigenvalue weighted by atomic mass is 10.2. The molecule has 0 saturated carbocycles. The van der Waals surface area contributed by atoms with Crippen molar-refractivity contribution in [2.75, 3.05) is 31.1 Å². The summed E-state index contributed by atoms with van der Waals surface area (Å²) in [5, 5.41) is 7.74. The van der Waals surface area contributed by atoms with Gasteiger partial charge in [0, 0.05) is 50.8 Å². The summed E-state index contributed by atoms with van der Waals surface area (Å²) in [6.45, 7) is 7.15. The molecule has 1 fully saturated rings. The molecule has 4 rings (SSSR count). The van der Waals surface area contributed by atoms with Crippen LogP contribution in [-0.2, 0) is 25.8 Å². The first kappa shape index (κ1) is 14.6. The summed E-state index contributed by atoms with van der Waals surface area (Å²) in [4.78, 5) is 13.8. The third-order valence-electron chi connectivity index (χ3n) is 5.02. The second-order valence-corrected chi connectivity index (χ2v) is 6.49. The lowest BCUT2D eigenvalue weighted by Gasteiger charge is -2.34. The molecule has 0 bridgehead atoms. The number of H-pyrrole nitrogens is 1. The number of rotatable bonds is 4. The Kier molecular flexibility index (Phi) is 3.99. The molecule has 0 atom stereocenters. The summed E-state index contributed by atoms with van der Waals surface area (Å²) in [6, 6.07) is 0. The zero-order valence-electron chi connectivity index (χ0n) is 13.8. The molecule has 2 aliphatic rings. The smallest absolute Gasteiger partial charge is 0.225 e. The van der Waals surface area contributed by atoms with E-state index in [1.54, 1.807) is 0 Å². The first-order valence-corrected chi connectivity index (χ1v) is 8.66. The predicted octanol–water partition coefficient (Wildman–Crippen LogP) is 1.57. The number of aromatic amines is 1. The van der Waals surface area contributed by atoms with Crippen LogP contribution in [0.25, 0.3) is 0 Å². The Labute approximate surface area is 136 Å². The lowest BCUT2D eigenvalue weighted by molar-refractivity contribution is 0.245. The van der Waals surface area contributed by atoms with E-state index < -0.39 is 0 Å². The van der Waals surface area contributed by atoms with Gasteiger partial charge in [-0.25, -0.2) is 9.97 Å². The van der Waals surface area contributed by atoms with Crippen molar-refractivity contribution in [2.45, 2.75) is 39.2 Å². The molecule has 0 spiro atoms. The van der Waals surface area contributed by atoms with Crippen LogP contribution in [0.5, 0.6) is 0 Å². The van der Waals surface area contributed by atoms with Gasteiger partial charge in [-0.2, -0.15) is 5.10 Å². The third-order valence-corrected chi connectivity index (χ3v) is 5.02. The van der Waals surface area contributed by atoms with E-state index in [0.717, 1.165) is 45.1 Å². The van der Waals surface area contributed by atoms with Crippen molar-refractivity contribution in [1.29, 1.82) is 0 Å². The van der Waals surface area contributed by atoms with Crippen LogP contribution >= 0.6 is 0 Å². The SMILES string of the molecule is CCc1cnc(N2CCN(Cc3n[nH]c4c3CCC4)CC2)nc1. The van der Waals surface area contributed by atoms with Gasteiger partial charge in [0.2, 0.25) is 5.95 Å². The second-order valence-electron chi connectivity index (χ2n) is 6.49. The molecule has 0 radical (unpaired) electrons. The first-order chi connectivity index (χ1) is 11.3. The molecule has 1 aliphatic carbocycles. The molecule has 1 aliphatic heterocycles. The summed E-state index contributed by atoms with van der Waals surface area (Å²) < 4.78 is 0. The Morgan fingerprint density at radius 2 is 1.87 bits per heavy atom. The number of anilines is 1. The molecule has 1 saturated heterocycles. The van der Waals surface area contributed by atoms with Crippen LogP contribution in [0.4, 0.5) is 5.95 Å². The van der Waals surface area contributed by atoms with Crippen LogP contribution in [0.2, 0.25) is 0 Å². The van der Waals surface area contributed by atoms with Crippen molar-refractivity contribution in [3.05, 3.63) is 34.9 Å². The first-order valence-electron chi connectivity index (χ1n) is 8.66. The lowest BCUT2D eigenvalue weighted by Crippen LogP contribution is -2.46. The third kappa shape index (κ3) is 2.95. The Hall–Kier alpha value is -1.95. The van der Waals surface area contributed by atoms with Crippen LogP contribution in [0, 0.1) is 0 Å². The largest absolute Gasteiger partial charge is 0.338 e. The number of nitrogens with one attached hydrogen (secondary N) is 1. The van der Waals surface area contributed by atoms with Gasteiger partial charge in [0.25, 0.3) is 0 Å². The van der Waals surface area contributed by atoms with Crippen LogP contribution < -0.4 is 4.90 Å². The highest BCUT2D eigenvalue weighted by molar-refractivity contribution is 5.32. The fourth-order valence-electron chi connectivity index (χ4n) is 3.53. The summed E-state index contributed by atoms with van der Waals surface area (Å²) in [5.74, 6) is 0.863. The van der Waals surface area contributed by atoms with Gasteiger partial charge < -0.3 is 4.90 Å². The zero-order valence-corrected chi connectivity index (χ0v) is 13.8. The van der Waals surface area contributed by atoms with Crippen molar-refractivity contribution in [3.8, 4) is 0 Å². The molecule has 122 valence electrons. The molecular weight excluding hydrogens is 288 g/mol. The Bertz CT molecular complexity index is 654. The molecular formula is C17H24N6. The van der Waals surface area contributed by atoms with E-state index >= 15 is 0 Å². The van der Waals surface area contributed by atoms with E-state index in [1.165, 1.54) is 41.8 Å². The van der Waals surface area contributed by atoms with Crippen LogP contribution in [-0.4, -0.2) is 51.2 Å². The predicted molar refractivity (Wildman–Crippen MR) is 89.5 cm³/mol. The molecule has 0 unspecified atom stereocenters. The number of hydrogen-bond donors (Lipinski definition) is 1. The maximum Gasteiger partial charge on any atom is 0.225 e. The van der Waals surface area contributed by atoms with Crippen LogP contribution in [0.15, 0.2) is 12.4 Å². The van der Waals surface area contributed by atoms with E-state index in [-0.39, 0.29) is 0 Å². The van der Waals surface area contributed by atoms with Gasteiger partial charge in [0.1, 0.15) is 0 Å². The fourth-order valence-corrected chi connectivity index (χ4v) is 3.53. The molecule has 6 nitrogen and oxygen atoms in total. The Morgan fingerprint density at radius 3 is 2.61 bits per heavy atom. The average molecular weight is 312 g/mol. The van der Waals surface area contributed by atoms with E-state index in [4.69, 9.17) is 0 Å². The quantitative estimate of drug-likeness (QED) is 0.928. The van der Waals surface area contributed by atoms with E-state index in [0.29, 0.717) is 0 Å². The number of hydrogen-bond acceptors (Lipinski definition) is 5. The van der Waals surface area contributed by atoms with Gasteiger partial charge in [-0.05, 0) is 36.8 Å². The Morgan fingerprint density at radius 1 is 1.09 bits per heavy atom. The number of piperazine rings is 1. The van der Waals surface area contributed by atoms with Crippen LogP contribution in [0.3, 0.4) is 0 Å². The summed E-state index contributed by atoms with van der Waals surface area (Å²) in [7, 11) is 0. The monoisotopic (exact) mass is 312 g/mol. The maximum absolute atomic E-state index is 4.52. The summed E-state index contributed by atoms with van der Waals surface area (Å²) in [6.07, 6.45) is 8.51. The normalized spacial score (nSPS) is 18.4. The van der Waals surface area contributed by atoms with E-state index in [1.807, 2.05) is 12.4 Å². The average Bonchev–Trinajstić information content (AvgIpc) is 3.21. The molecule has 0 aromatic carbocycles. The van der Waals surface area contributed by atoms with E-state index in [2.05, 4.69) is 36.9 Å². The van der Waals surface area contributed by atoms with Crippen molar-refractivity contribution < 1.29 is 0 Å². The number of nitrogens with zero attached hydrogens (tertiary/aromatic N) is 5. The summed E-state index contributed by atoms with van der Waals surface area (Å²) in [5.41, 5.74) is 5.29. The molecule has 3 heterocycles. The highest BCUT2D eigenvalue weighted by Crippen LogP contribution is 2.24. The highest BCUT2D eigenvalue weighted by Gasteiger charge is 2.23. The molecule has 2 aromatic rings.